The average Bonchev–Trinajstić information content (AvgIpc) is 3.16. The van der Waals surface area contributed by atoms with Gasteiger partial charge in [0, 0.05) is 23.4 Å². The summed E-state index contributed by atoms with van der Waals surface area (Å²) in [4.78, 5) is 23.4. The largest absolute Gasteiger partial charge is 1.00 e. The van der Waals surface area contributed by atoms with Crippen molar-refractivity contribution in [3.8, 4) is 17.1 Å². The van der Waals surface area contributed by atoms with E-state index in [0.717, 1.165) is 0 Å². The number of nitrogens with one attached hydrogen (secondary N) is 1. The Balaban J connectivity index is 0.00000289. The summed E-state index contributed by atoms with van der Waals surface area (Å²) in [5.41, 5.74) is 1.43. The molecule has 0 radical (unpaired) electrons. The molecule has 0 aliphatic rings. The molecule has 2 aromatic heterocycles. The van der Waals surface area contributed by atoms with Crippen LogP contribution >= 0.6 is 0 Å². The van der Waals surface area contributed by atoms with Gasteiger partial charge < -0.3 is 24.4 Å². The predicted molar refractivity (Wildman–Crippen MR) is 109 cm³/mol. The maximum Gasteiger partial charge on any atom is 1.00 e. The molecule has 0 amide bonds. The van der Waals surface area contributed by atoms with E-state index in [1.807, 2.05) is 12.1 Å². The normalized spacial score (nSPS) is 11.1. The van der Waals surface area contributed by atoms with Gasteiger partial charge in [0.15, 0.2) is 5.58 Å². The van der Waals surface area contributed by atoms with E-state index in [2.05, 4.69) is 20.3 Å². The molecular formula is C22H18FN4NaO4. The van der Waals surface area contributed by atoms with Gasteiger partial charge in [-0.15, -0.1) is 0 Å². The number of halogens is 1. The Hall–Kier alpha value is -3.01. The first-order valence-corrected chi connectivity index (χ1v) is 9.41. The summed E-state index contributed by atoms with van der Waals surface area (Å²) in [6.07, 6.45) is 2.94. The van der Waals surface area contributed by atoms with Gasteiger partial charge in [-0.3, -0.25) is 0 Å². The third-order valence-corrected chi connectivity index (χ3v) is 4.58. The van der Waals surface area contributed by atoms with E-state index in [1.165, 1.54) is 32.3 Å². The van der Waals surface area contributed by atoms with Crippen LogP contribution in [0.2, 0.25) is 0 Å². The number of benzene rings is 2. The van der Waals surface area contributed by atoms with Crippen LogP contribution in [0.5, 0.6) is 6.01 Å². The van der Waals surface area contributed by atoms with E-state index >= 15 is 0 Å². The number of carboxylic acids is 1. The van der Waals surface area contributed by atoms with E-state index in [1.54, 1.807) is 24.3 Å². The SMILES string of the molecule is CC(C)(COc1ncc(-c2ccc(Nc3nc4ccccc4o3)c(F)c2)cn1)C(=O)[O-].[Na+]. The van der Waals surface area contributed by atoms with Gasteiger partial charge in [0.2, 0.25) is 0 Å². The minimum absolute atomic E-state index is 0. The molecule has 1 N–H and O–H groups in total. The summed E-state index contributed by atoms with van der Waals surface area (Å²) in [5.74, 6) is -1.73. The molecule has 0 saturated heterocycles. The Bertz CT molecular complexity index is 1210. The summed E-state index contributed by atoms with van der Waals surface area (Å²) < 4.78 is 25.5. The third kappa shape index (κ3) is 5.24. The average molecular weight is 444 g/mol. The van der Waals surface area contributed by atoms with E-state index in [4.69, 9.17) is 9.15 Å². The fourth-order valence-electron chi connectivity index (χ4n) is 2.68. The van der Waals surface area contributed by atoms with Crippen molar-refractivity contribution in [1.82, 2.24) is 15.0 Å². The van der Waals surface area contributed by atoms with Crippen molar-refractivity contribution in [1.29, 1.82) is 0 Å². The number of carboxylic acid groups (broad SMARTS) is 1. The van der Waals surface area contributed by atoms with E-state index < -0.39 is 17.2 Å². The Kier molecular flexibility index (Phi) is 7.12. The number of rotatable bonds is 7. The van der Waals surface area contributed by atoms with Crippen LogP contribution < -0.4 is 44.7 Å². The maximum atomic E-state index is 14.6. The number of hydrogen-bond acceptors (Lipinski definition) is 8. The first kappa shape index (κ1) is 23.6. The standard InChI is InChI=1S/C22H19FN4O4.Na/c1-22(2,19(28)29)12-30-20-24-10-14(11-25-20)13-7-8-16(15(23)9-13)26-21-27-17-5-3-4-6-18(17)31-21;/h3-11H,12H2,1-2H3,(H,26,27)(H,28,29);/q;+1/p-1. The van der Waals surface area contributed by atoms with Crippen molar-refractivity contribution in [3.63, 3.8) is 0 Å². The van der Waals surface area contributed by atoms with Crippen LogP contribution in [0.3, 0.4) is 0 Å². The third-order valence-electron chi connectivity index (χ3n) is 4.58. The van der Waals surface area contributed by atoms with Gasteiger partial charge >= 0.3 is 35.6 Å². The number of nitrogens with zero attached hydrogens (tertiary/aromatic N) is 3. The zero-order valence-electron chi connectivity index (χ0n) is 17.8. The predicted octanol–water partition coefficient (Wildman–Crippen LogP) is 0.326. The molecule has 158 valence electrons. The molecule has 4 aromatic rings. The van der Waals surface area contributed by atoms with Gasteiger partial charge in [-0.05, 0) is 29.8 Å². The quantitative estimate of drug-likeness (QED) is 0.406. The van der Waals surface area contributed by atoms with Crippen molar-refractivity contribution in [3.05, 3.63) is 60.7 Å². The number of aliphatic carboxylic acids is 1. The number of hydrogen-bond donors (Lipinski definition) is 1. The monoisotopic (exact) mass is 444 g/mol. The second-order valence-electron chi connectivity index (χ2n) is 7.52. The summed E-state index contributed by atoms with van der Waals surface area (Å²) in [5, 5.41) is 13.9. The molecule has 4 rings (SSSR count). The number of carbonyl (C=O) groups is 1. The van der Waals surface area contributed by atoms with Gasteiger partial charge in [0.05, 0.1) is 11.7 Å². The Morgan fingerprint density at radius 3 is 2.53 bits per heavy atom. The zero-order valence-corrected chi connectivity index (χ0v) is 19.8. The first-order valence-electron chi connectivity index (χ1n) is 9.41. The van der Waals surface area contributed by atoms with E-state index in [0.29, 0.717) is 22.2 Å². The van der Waals surface area contributed by atoms with Crippen LogP contribution in [0.25, 0.3) is 22.2 Å². The topological polar surface area (TPSA) is 113 Å². The Labute approximate surface area is 205 Å². The van der Waals surface area contributed by atoms with Gasteiger partial charge in [0.25, 0.3) is 6.01 Å². The molecule has 0 bridgehead atoms. The summed E-state index contributed by atoms with van der Waals surface area (Å²) in [7, 11) is 0. The van der Waals surface area contributed by atoms with Crippen molar-refractivity contribution < 1.29 is 53.0 Å². The molecule has 0 saturated carbocycles. The molecule has 10 heteroatoms. The number of ether oxygens (including phenoxy) is 1. The van der Waals surface area contributed by atoms with Crippen molar-refractivity contribution in [2.45, 2.75) is 13.8 Å². The maximum absolute atomic E-state index is 14.6. The fraction of sp³-hybridized carbons (Fsp3) is 0.182. The van der Waals surface area contributed by atoms with Crippen molar-refractivity contribution in [2.24, 2.45) is 5.41 Å². The minimum Gasteiger partial charge on any atom is -0.549 e. The molecule has 0 unspecified atom stereocenters. The molecule has 0 aliphatic carbocycles. The Morgan fingerprint density at radius 1 is 1.16 bits per heavy atom. The van der Waals surface area contributed by atoms with Crippen LogP contribution in [0.1, 0.15) is 13.8 Å². The van der Waals surface area contributed by atoms with Gasteiger partial charge in [-0.2, -0.15) is 4.98 Å². The fourth-order valence-corrected chi connectivity index (χ4v) is 2.68. The summed E-state index contributed by atoms with van der Waals surface area (Å²) >= 11 is 0. The van der Waals surface area contributed by atoms with Gasteiger partial charge in [0.1, 0.15) is 17.9 Å². The molecule has 32 heavy (non-hydrogen) atoms. The second kappa shape index (κ2) is 9.64. The number of oxazole rings is 1. The number of fused-ring (bicyclic) bond motifs is 1. The number of anilines is 2. The number of aromatic nitrogens is 3. The molecule has 0 spiro atoms. The van der Waals surface area contributed by atoms with Crippen LogP contribution in [0.4, 0.5) is 16.1 Å². The van der Waals surface area contributed by atoms with Crippen LogP contribution in [-0.4, -0.2) is 27.5 Å². The van der Waals surface area contributed by atoms with Crippen molar-refractivity contribution in [2.75, 3.05) is 11.9 Å². The van der Waals surface area contributed by atoms with E-state index in [-0.39, 0.29) is 53.9 Å². The van der Waals surface area contributed by atoms with Gasteiger partial charge in [-0.25, -0.2) is 14.4 Å². The number of carbonyl (C=O) groups excluding carboxylic acids is 1. The molecular weight excluding hydrogens is 426 g/mol. The molecule has 8 nitrogen and oxygen atoms in total. The first-order chi connectivity index (χ1) is 14.8. The molecule has 0 atom stereocenters. The zero-order chi connectivity index (χ0) is 22.0. The minimum atomic E-state index is -1.23. The number of para-hydroxylation sites is 2. The van der Waals surface area contributed by atoms with Crippen LogP contribution in [0.15, 0.2) is 59.3 Å². The van der Waals surface area contributed by atoms with Crippen LogP contribution in [0, 0.1) is 11.2 Å². The van der Waals surface area contributed by atoms with Crippen LogP contribution in [-0.2, 0) is 4.79 Å². The van der Waals surface area contributed by atoms with E-state index in [9.17, 15) is 14.3 Å². The second-order valence-corrected chi connectivity index (χ2v) is 7.52. The molecule has 0 aliphatic heterocycles. The molecule has 2 aromatic carbocycles. The van der Waals surface area contributed by atoms with Gasteiger partial charge in [-0.1, -0.05) is 32.0 Å². The molecule has 2 heterocycles. The Morgan fingerprint density at radius 2 is 1.88 bits per heavy atom. The van der Waals surface area contributed by atoms with Crippen molar-refractivity contribution >= 4 is 28.8 Å². The smallest absolute Gasteiger partial charge is 0.549 e. The summed E-state index contributed by atoms with van der Waals surface area (Å²) in [6.45, 7) is 2.82. The molecule has 0 fully saturated rings. The summed E-state index contributed by atoms with van der Waals surface area (Å²) in [6, 6.07) is 12.1.